The molecule has 0 amide bonds. The second-order valence-electron chi connectivity index (χ2n) is 4.22. The first kappa shape index (κ1) is 12.7. The van der Waals surface area contributed by atoms with Crippen LogP contribution in [0, 0.1) is 0 Å². The number of hydrogen-bond donors (Lipinski definition) is 2. The smallest absolute Gasteiger partial charge is 0.140 e. The van der Waals surface area contributed by atoms with Gasteiger partial charge in [0, 0.05) is 16.9 Å². The Kier molecular flexibility index (Phi) is 5.91. The van der Waals surface area contributed by atoms with Crippen molar-refractivity contribution in [2.45, 2.75) is 62.4 Å². The van der Waals surface area contributed by atoms with E-state index in [9.17, 15) is 0 Å². The Hall–Kier alpha value is -0.380. The van der Waals surface area contributed by atoms with Crippen molar-refractivity contribution in [1.29, 1.82) is 0 Å². The van der Waals surface area contributed by atoms with Crippen molar-refractivity contribution >= 4 is 17.6 Å². The highest BCUT2D eigenvalue weighted by Crippen LogP contribution is 2.33. The molecule has 15 heavy (non-hydrogen) atoms. The molecule has 3 nitrogen and oxygen atoms in total. The number of nitrogens with zero attached hydrogens (tertiary/aromatic N) is 1. The van der Waals surface area contributed by atoms with Crippen molar-refractivity contribution in [3.8, 4) is 0 Å². The molecule has 0 saturated heterocycles. The highest BCUT2D eigenvalue weighted by Gasteiger charge is 2.19. The number of thioether (sulfide) groups is 1. The van der Waals surface area contributed by atoms with Crippen LogP contribution < -0.4 is 5.73 Å². The van der Waals surface area contributed by atoms with Crippen LogP contribution in [0.1, 0.15) is 51.9 Å². The van der Waals surface area contributed by atoms with Gasteiger partial charge in [-0.05, 0) is 19.3 Å². The molecule has 0 aliphatic heterocycles. The van der Waals surface area contributed by atoms with Crippen LogP contribution in [-0.4, -0.2) is 21.5 Å². The quantitative estimate of drug-likeness (QED) is 0.330. The third-order valence-corrected chi connectivity index (χ3v) is 4.70. The number of amidine groups is 1. The second kappa shape index (κ2) is 6.99. The van der Waals surface area contributed by atoms with Crippen molar-refractivity contribution in [2.75, 3.05) is 0 Å². The van der Waals surface area contributed by atoms with Crippen molar-refractivity contribution in [3.05, 3.63) is 0 Å². The lowest BCUT2D eigenvalue weighted by Gasteiger charge is -2.25. The zero-order chi connectivity index (χ0) is 11.1. The highest BCUT2D eigenvalue weighted by atomic mass is 32.2. The van der Waals surface area contributed by atoms with Crippen molar-refractivity contribution in [1.82, 2.24) is 0 Å². The summed E-state index contributed by atoms with van der Waals surface area (Å²) in [6.45, 7) is 2.17. The maximum atomic E-state index is 8.54. The van der Waals surface area contributed by atoms with Crippen LogP contribution in [0.25, 0.3) is 0 Å². The zero-order valence-corrected chi connectivity index (χ0v) is 10.3. The Bertz CT molecular complexity index is 203. The van der Waals surface area contributed by atoms with Gasteiger partial charge in [-0.25, -0.2) is 0 Å². The van der Waals surface area contributed by atoms with Crippen LogP contribution in [0.2, 0.25) is 0 Å². The number of nitrogens with two attached hydrogens (primary N) is 1. The molecule has 3 N–H and O–H groups in total. The molecule has 0 radical (unpaired) electrons. The van der Waals surface area contributed by atoms with E-state index in [4.69, 9.17) is 10.9 Å². The van der Waals surface area contributed by atoms with Gasteiger partial charge in [0.1, 0.15) is 5.84 Å². The maximum Gasteiger partial charge on any atom is 0.140 e. The van der Waals surface area contributed by atoms with Crippen LogP contribution >= 0.6 is 11.8 Å². The summed E-state index contributed by atoms with van der Waals surface area (Å²) in [4.78, 5) is 0. The lowest BCUT2D eigenvalue weighted by molar-refractivity contribution is 0.316. The van der Waals surface area contributed by atoms with E-state index in [1.165, 1.54) is 32.1 Å². The SMILES string of the molecule is CCC(C/C(N)=N/O)SC1CCCCC1. The minimum Gasteiger partial charge on any atom is -0.409 e. The van der Waals surface area contributed by atoms with Gasteiger partial charge in [0.2, 0.25) is 0 Å². The highest BCUT2D eigenvalue weighted by molar-refractivity contribution is 8.00. The van der Waals surface area contributed by atoms with E-state index < -0.39 is 0 Å². The van der Waals surface area contributed by atoms with Crippen LogP contribution in [0.4, 0.5) is 0 Å². The normalized spacial score (nSPS) is 21.5. The van der Waals surface area contributed by atoms with Crippen molar-refractivity contribution in [3.63, 3.8) is 0 Å². The zero-order valence-electron chi connectivity index (χ0n) is 9.48. The topological polar surface area (TPSA) is 58.6 Å². The maximum absolute atomic E-state index is 8.54. The van der Waals surface area contributed by atoms with E-state index in [0.29, 0.717) is 17.5 Å². The summed E-state index contributed by atoms with van der Waals surface area (Å²) in [5.74, 6) is 0.366. The van der Waals surface area contributed by atoms with E-state index >= 15 is 0 Å². The van der Waals surface area contributed by atoms with Gasteiger partial charge in [0.25, 0.3) is 0 Å². The first-order valence-electron chi connectivity index (χ1n) is 5.88. The summed E-state index contributed by atoms with van der Waals surface area (Å²) >= 11 is 2.04. The molecule has 0 aromatic carbocycles. The average molecular weight is 230 g/mol. The molecule has 1 unspecified atom stereocenters. The molecule has 0 aromatic rings. The van der Waals surface area contributed by atoms with Crippen LogP contribution in [0.5, 0.6) is 0 Å². The lowest BCUT2D eigenvalue weighted by Crippen LogP contribution is -2.21. The summed E-state index contributed by atoms with van der Waals surface area (Å²) in [7, 11) is 0. The molecule has 0 aromatic heterocycles. The van der Waals surface area contributed by atoms with Gasteiger partial charge in [0.05, 0.1) is 0 Å². The molecule has 0 spiro atoms. The number of oxime groups is 1. The Morgan fingerprint density at radius 3 is 2.67 bits per heavy atom. The largest absolute Gasteiger partial charge is 0.409 e. The molecule has 88 valence electrons. The summed E-state index contributed by atoms with van der Waals surface area (Å²) in [6, 6.07) is 0. The van der Waals surface area contributed by atoms with E-state index in [0.717, 1.165) is 11.7 Å². The minimum atomic E-state index is 0.366. The molecule has 1 rings (SSSR count). The van der Waals surface area contributed by atoms with Gasteiger partial charge >= 0.3 is 0 Å². The molecular formula is C11H22N2OS. The standard InChI is InChI=1S/C11H22N2OS/c1-2-9(8-11(12)13-14)15-10-6-4-3-5-7-10/h9-10,14H,2-8H2,1H3,(H2,12,13). The third-order valence-electron chi connectivity index (χ3n) is 2.96. The molecule has 0 heterocycles. The molecule has 1 atom stereocenters. The average Bonchev–Trinajstić information content (AvgIpc) is 2.29. The number of hydrogen-bond acceptors (Lipinski definition) is 3. The molecule has 1 aliphatic rings. The van der Waals surface area contributed by atoms with Gasteiger partial charge in [-0.15, -0.1) is 0 Å². The number of rotatable bonds is 5. The van der Waals surface area contributed by atoms with E-state index in [1.54, 1.807) is 0 Å². The molecule has 1 aliphatic carbocycles. The minimum absolute atomic E-state index is 0.366. The third kappa shape index (κ3) is 4.78. The van der Waals surface area contributed by atoms with Gasteiger partial charge in [0.15, 0.2) is 0 Å². The van der Waals surface area contributed by atoms with Crippen LogP contribution in [0.3, 0.4) is 0 Å². The van der Waals surface area contributed by atoms with E-state index in [2.05, 4.69) is 12.1 Å². The molecular weight excluding hydrogens is 208 g/mol. The van der Waals surface area contributed by atoms with Crippen LogP contribution in [-0.2, 0) is 0 Å². The Morgan fingerprint density at radius 2 is 2.13 bits per heavy atom. The molecule has 1 saturated carbocycles. The summed E-state index contributed by atoms with van der Waals surface area (Å²) in [5, 5.41) is 12.9. The van der Waals surface area contributed by atoms with Crippen LogP contribution in [0.15, 0.2) is 5.16 Å². The predicted molar refractivity (Wildman–Crippen MR) is 66.6 cm³/mol. The predicted octanol–water partition coefficient (Wildman–Crippen LogP) is 2.97. The van der Waals surface area contributed by atoms with Gasteiger partial charge in [-0.3, -0.25) is 0 Å². The lowest BCUT2D eigenvalue weighted by atomic mass is 10.0. The van der Waals surface area contributed by atoms with Crippen molar-refractivity contribution < 1.29 is 5.21 Å². The Labute approximate surface area is 96.5 Å². The molecule has 1 fully saturated rings. The van der Waals surface area contributed by atoms with Gasteiger partial charge in [-0.2, -0.15) is 11.8 Å². The van der Waals surface area contributed by atoms with Gasteiger partial charge < -0.3 is 10.9 Å². The monoisotopic (exact) mass is 230 g/mol. The van der Waals surface area contributed by atoms with Gasteiger partial charge in [-0.1, -0.05) is 31.3 Å². The first-order chi connectivity index (χ1) is 7.26. The Balaban J connectivity index is 2.31. The fraction of sp³-hybridized carbons (Fsp3) is 0.909. The first-order valence-corrected chi connectivity index (χ1v) is 6.82. The van der Waals surface area contributed by atoms with E-state index in [1.807, 2.05) is 11.8 Å². The fourth-order valence-electron chi connectivity index (χ4n) is 2.04. The summed E-state index contributed by atoms with van der Waals surface area (Å²) < 4.78 is 0. The van der Waals surface area contributed by atoms with E-state index in [-0.39, 0.29) is 0 Å². The molecule has 4 heteroatoms. The fourth-order valence-corrected chi connectivity index (χ4v) is 3.65. The molecule has 0 bridgehead atoms. The summed E-state index contributed by atoms with van der Waals surface area (Å²) in [6.07, 6.45) is 8.64. The second-order valence-corrected chi connectivity index (χ2v) is 5.83. The summed E-state index contributed by atoms with van der Waals surface area (Å²) in [5.41, 5.74) is 5.54. The Morgan fingerprint density at radius 1 is 1.47 bits per heavy atom. The van der Waals surface area contributed by atoms with Crippen molar-refractivity contribution in [2.24, 2.45) is 10.9 Å².